The summed E-state index contributed by atoms with van der Waals surface area (Å²) in [7, 11) is 0. The van der Waals surface area contributed by atoms with E-state index in [9.17, 15) is 4.79 Å². The topological polar surface area (TPSA) is 86.2 Å². The standard InChI is InChI=1S/C18H16N4O3S2/c1-3-6-19-14(23)8-26-18-16-17(27-10(2)20-16)15(21-22-18)11-4-5-12-13(7-11)25-9-24-12/h3-5,7H,1,6,8-9H2,2H3,(H,19,23). The maximum atomic E-state index is 11.8. The molecule has 4 rings (SSSR count). The number of fused-ring (bicyclic) bond motifs is 2. The number of carbonyl (C=O) groups excluding carboxylic acids is 1. The molecular formula is C18H16N4O3S2. The molecule has 9 heteroatoms. The van der Waals surface area contributed by atoms with Crippen LogP contribution in [-0.2, 0) is 4.79 Å². The van der Waals surface area contributed by atoms with Crippen LogP contribution in [0.4, 0.5) is 0 Å². The number of ether oxygens (including phenoxy) is 2. The summed E-state index contributed by atoms with van der Waals surface area (Å²) in [5.74, 6) is 1.58. The first-order valence-electron chi connectivity index (χ1n) is 8.20. The first-order valence-corrected chi connectivity index (χ1v) is 10.00. The fourth-order valence-corrected chi connectivity index (χ4v) is 4.37. The molecule has 1 N–H and O–H groups in total. The number of carbonyl (C=O) groups is 1. The highest BCUT2D eigenvalue weighted by Gasteiger charge is 2.19. The molecule has 3 aromatic rings. The number of nitrogens with one attached hydrogen (secondary N) is 1. The fourth-order valence-electron chi connectivity index (χ4n) is 2.62. The van der Waals surface area contributed by atoms with Gasteiger partial charge in [0.25, 0.3) is 0 Å². The van der Waals surface area contributed by atoms with Crippen LogP contribution < -0.4 is 14.8 Å². The smallest absolute Gasteiger partial charge is 0.231 e. The average Bonchev–Trinajstić information content (AvgIpc) is 3.29. The highest BCUT2D eigenvalue weighted by atomic mass is 32.2. The molecule has 27 heavy (non-hydrogen) atoms. The van der Waals surface area contributed by atoms with E-state index in [1.165, 1.54) is 11.8 Å². The van der Waals surface area contributed by atoms with Gasteiger partial charge in [0, 0.05) is 12.1 Å². The minimum absolute atomic E-state index is 0.0818. The normalized spacial score (nSPS) is 12.3. The lowest BCUT2D eigenvalue weighted by atomic mass is 10.1. The van der Waals surface area contributed by atoms with Crippen molar-refractivity contribution in [2.24, 2.45) is 0 Å². The van der Waals surface area contributed by atoms with Gasteiger partial charge in [0.15, 0.2) is 11.5 Å². The van der Waals surface area contributed by atoms with Crippen LogP contribution in [0.15, 0.2) is 35.9 Å². The molecule has 0 fully saturated rings. The van der Waals surface area contributed by atoms with Crippen LogP contribution in [0, 0.1) is 6.92 Å². The van der Waals surface area contributed by atoms with Crippen molar-refractivity contribution < 1.29 is 14.3 Å². The van der Waals surface area contributed by atoms with Crippen molar-refractivity contribution in [3.63, 3.8) is 0 Å². The number of amides is 1. The number of thiazole rings is 1. The van der Waals surface area contributed by atoms with Crippen molar-refractivity contribution in [2.45, 2.75) is 11.9 Å². The van der Waals surface area contributed by atoms with Crippen LogP contribution >= 0.6 is 23.1 Å². The van der Waals surface area contributed by atoms with Crippen molar-refractivity contribution in [1.29, 1.82) is 0 Å². The molecule has 0 atom stereocenters. The van der Waals surface area contributed by atoms with E-state index < -0.39 is 0 Å². The minimum Gasteiger partial charge on any atom is -0.454 e. The number of aryl methyl sites for hydroxylation is 1. The summed E-state index contributed by atoms with van der Waals surface area (Å²) >= 11 is 2.88. The second-order valence-electron chi connectivity index (χ2n) is 5.71. The van der Waals surface area contributed by atoms with Gasteiger partial charge < -0.3 is 14.8 Å². The molecule has 138 valence electrons. The Morgan fingerprint density at radius 2 is 2.22 bits per heavy atom. The van der Waals surface area contributed by atoms with Crippen LogP contribution in [0.1, 0.15) is 5.01 Å². The molecule has 2 aromatic heterocycles. The summed E-state index contributed by atoms with van der Waals surface area (Å²) in [5.41, 5.74) is 2.40. The summed E-state index contributed by atoms with van der Waals surface area (Å²) in [4.78, 5) is 16.4. The van der Waals surface area contributed by atoms with Crippen LogP contribution in [0.25, 0.3) is 21.5 Å². The summed E-state index contributed by atoms with van der Waals surface area (Å²) in [6, 6.07) is 5.70. The quantitative estimate of drug-likeness (QED) is 0.502. The Hall–Kier alpha value is -2.65. The molecule has 0 bridgehead atoms. The number of benzene rings is 1. The first kappa shape index (κ1) is 17.7. The van der Waals surface area contributed by atoms with Crippen LogP contribution in [0.2, 0.25) is 0 Å². The zero-order chi connectivity index (χ0) is 18.8. The largest absolute Gasteiger partial charge is 0.454 e. The van der Waals surface area contributed by atoms with Gasteiger partial charge in [0.05, 0.1) is 15.5 Å². The number of thioether (sulfide) groups is 1. The van der Waals surface area contributed by atoms with Gasteiger partial charge >= 0.3 is 0 Å². The van der Waals surface area contributed by atoms with Gasteiger partial charge in [-0.15, -0.1) is 28.1 Å². The Balaban J connectivity index is 1.66. The minimum atomic E-state index is -0.0818. The molecule has 1 aliphatic heterocycles. The molecule has 0 saturated carbocycles. The van der Waals surface area contributed by atoms with Gasteiger partial charge in [-0.3, -0.25) is 4.79 Å². The zero-order valence-corrected chi connectivity index (χ0v) is 16.2. The third kappa shape index (κ3) is 3.60. The highest BCUT2D eigenvalue weighted by molar-refractivity contribution is 8.00. The van der Waals surface area contributed by atoms with E-state index >= 15 is 0 Å². The Morgan fingerprint density at radius 3 is 3.07 bits per heavy atom. The lowest BCUT2D eigenvalue weighted by Crippen LogP contribution is -2.24. The van der Waals surface area contributed by atoms with Gasteiger partial charge in [-0.25, -0.2) is 4.98 Å². The summed E-state index contributed by atoms with van der Waals surface area (Å²) in [6.45, 7) is 6.20. The molecule has 3 heterocycles. The Kier molecular flexibility index (Phi) is 4.95. The van der Waals surface area contributed by atoms with Crippen molar-refractivity contribution in [3.05, 3.63) is 35.9 Å². The number of nitrogens with zero attached hydrogens (tertiary/aromatic N) is 3. The fraction of sp³-hybridized carbons (Fsp3) is 0.222. The van der Waals surface area contributed by atoms with Crippen LogP contribution in [-0.4, -0.2) is 40.2 Å². The third-order valence-electron chi connectivity index (χ3n) is 3.82. The predicted molar refractivity (Wildman–Crippen MR) is 105 cm³/mol. The van der Waals surface area contributed by atoms with Gasteiger partial charge in [-0.2, -0.15) is 0 Å². The second kappa shape index (κ2) is 7.53. The van der Waals surface area contributed by atoms with Gasteiger partial charge in [0.2, 0.25) is 12.7 Å². The van der Waals surface area contributed by atoms with Gasteiger partial charge in [-0.1, -0.05) is 17.8 Å². The van der Waals surface area contributed by atoms with E-state index in [4.69, 9.17) is 9.47 Å². The number of aromatic nitrogens is 3. The molecular weight excluding hydrogens is 384 g/mol. The number of hydrogen-bond donors (Lipinski definition) is 1. The Bertz CT molecular complexity index is 1030. The van der Waals surface area contributed by atoms with Crippen molar-refractivity contribution in [1.82, 2.24) is 20.5 Å². The van der Waals surface area contributed by atoms with Crippen molar-refractivity contribution in [2.75, 3.05) is 19.1 Å². The van der Waals surface area contributed by atoms with E-state index in [2.05, 4.69) is 27.1 Å². The molecule has 0 aliphatic carbocycles. The first-order chi connectivity index (χ1) is 13.2. The summed E-state index contributed by atoms with van der Waals surface area (Å²) < 4.78 is 11.8. The van der Waals surface area contributed by atoms with E-state index in [-0.39, 0.29) is 18.5 Å². The highest BCUT2D eigenvalue weighted by Crippen LogP contribution is 2.39. The summed E-state index contributed by atoms with van der Waals surface area (Å²) in [6.07, 6.45) is 1.64. The molecule has 1 amide bonds. The zero-order valence-electron chi connectivity index (χ0n) is 14.5. The van der Waals surface area contributed by atoms with Crippen molar-refractivity contribution in [3.8, 4) is 22.8 Å². The van der Waals surface area contributed by atoms with Gasteiger partial charge in [-0.05, 0) is 25.1 Å². The molecule has 1 aliphatic rings. The van der Waals surface area contributed by atoms with E-state index in [1.54, 1.807) is 17.4 Å². The van der Waals surface area contributed by atoms with Crippen LogP contribution in [0.3, 0.4) is 0 Å². The monoisotopic (exact) mass is 400 g/mol. The van der Waals surface area contributed by atoms with Crippen LogP contribution in [0.5, 0.6) is 11.5 Å². The SMILES string of the molecule is C=CCNC(=O)CSc1nnc(-c2ccc3c(c2)OCO3)c2sc(C)nc12. The maximum absolute atomic E-state index is 11.8. The number of hydrogen-bond acceptors (Lipinski definition) is 8. The lowest BCUT2D eigenvalue weighted by molar-refractivity contribution is -0.118. The molecule has 0 radical (unpaired) electrons. The Labute approximate surface area is 163 Å². The molecule has 7 nitrogen and oxygen atoms in total. The van der Waals surface area contributed by atoms with E-state index in [1.807, 2.05) is 25.1 Å². The number of rotatable bonds is 6. The molecule has 0 unspecified atom stereocenters. The maximum Gasteiger partial charge on any atom is 0.231 e. The van der Waals surface area contributed by atoms with E-state index in [0.717, 1.165) is 32.2 Å². The van der Waals surface area contributed by atoms with E-state index in [0.29, 0.717) is 17.3 Å². The predicted octanol–water partition coefficient (Wildman–Crippen LogP) is 3.18. The second-order valence-corrected chi connectivity index (χ2v) is 7.88. The molecule has 0 spiro atoms. The van der Waals surface area contributed by atoms with Crippen molar-refractivity contribution >= 4 is 39.2 Å². The molecule has 1 aromatic carbocycles. The summed E-state index contributed by atoms with van der Waals surface area (Å²) in [5, 5.41) is 13.0. The lowest BCUT2D eigenvalue weighted by Gasteiger charge is -2.06. The third-order valence-corrected chi connectivity index (χ3v) is 5.75. The Morgan fingerprint density at radius 1 is 1.37 bits per heavy atom. The van der Waals surface area contributed by atoms with Gasteiger partial charge in [0.1, 0.15) is 16.2 Å². The molecule has 0 saturated heterocycles. The average molecular weight is 400 g/mol.